The number of esters is 3. The average molecular weight is 907 g/mol. The SMILES string of the molecule is CCCCC/C=C\C/C=C\C/C=C\CCCCCCC(=O)OC[C@H](COC(=O)CCCCCCCCC/C=C\C/C=C\CCCCC)OC(=O)CCCCCCC/C=C\CCCCCC. The van der Waals surface area contributed by atoms with Gasteiger partial charge in [0.15, 0.2) is 6.10 Å². The van der Waals surface area contributed by atoms with E-state index in [0.717, 1.165) is 109 Å². The lowest BCUT2D eigenvalue weighted by atomic mass is 10.1. The molecule has 0 aromatic carbocycles. The maximum atomic E-state index is 12.8. The minimum absolute atomic E-state index is 0.0901. The molecule has 6 nitrogen and oxygen atoms in total. The first-order valence-corrected chi connectivity index (χ1v) is 27.4. The molecule has 0 rings (SSSR count). The summed E-state index contributed by atoms with van der Waals surface area (Å²) in [6, 6.07) is 0. The zero-order valence-corrected chi connectivity index (χ0v) is 42.7. The van der Waals surface area contributed by atoms with Crippen LogP contribution in [0.15, 0.2) is 72.9 Å². The summed E-state index contributed by atoms with van der Waals surface area (Å²) < 4.78 is 16.8. The molecule has 0 bridgehead atoms. The van der Waals surface area contributed by atoms with Gasteiger partial charge in [-0.25, -0.2) is 0 Å². The van der Waals surface area contributed by atoms with Gasteiger partial charge in [0, 0.05) is 19.3 Å². The van der Waals surface area contributed by atoms with Crippen LogP contribution in [-0.2, 0) is 28.6 Å². The number of ether oxygens (including phenoxy) is 3. The molecule has 0 aliphatic heterocycles. The molecule has 6 heteroatoms. The Hall–Kier alpha value is -3.15. The molecule has 0 unspecified atom stereocenters. The second-order valence-corrected chi connectivity index (χ2v) is 18.1. The van der Waals surface area contributed by atoms with E-state index in [0.29, 0.717) is 19.3 Å². The third-order valence-electron chi connectivity index (χ3n) is 11.7. The monoisotopic (exact) mass is 907 g/mol. The van der Waals surface area contributed by atoms with E-state index in [4.69, 9.17) is 14.2 Å². The Bertz CT molecular complexity index is 1230. The summed E-state index contributed by atoms with van der Waals surface area (Å²) in [5.41, 5.74) is 0. The van der Waals surface area contributed by atoms with Crippen LogP contribution in [0.4, 0.5) is 0 Å². The Balaban J connectivity index is 4.43. The van der Waals surface area contributed by atoms with E-state index in [-0.39, 0.29) is 31.1 Å². The predicted molar refractivity (Wildman–Crippen MR) is 279 cm³/mol. The lowest BCUT2D eigenvalue weighted by Crippen LogP contribution is -2.30. The maximum absolute atomic E-state index is 12.8. The molecule has 0 N–H and O–H groups in total. The predicted octanol–water partition coefficient (Wildman–Crippen LogP) is 18.2. The van der Waals surface area contributed by atoms with Crippen molar-refractivity contribution in [3.05, 3.63) is 72.9 Å². The molecule has 0 saturated heterocycles. The number of rotatable bonds is 49. The molecule has 0 fully saturated rings. The Morgan fingerprint density at radius 3 is 0.908 bits per heavy atom. The van der Waals surface area contributed by atoms with E-state index in [1.165, 1.54) is 116 Å². The van der Waals surface area contributed by atoms with Gasteiger partial charge in [0.2, 0.25) is 0 Å². The van der Waals surface area contributed by atoms with E-state index in [9.17, 15) is 14.4 Å². The molecule has 0 heterocycles. The Kier molecular flexibility index (Phi) is 50.9. The van der Waals surface area contributed by atoms with Gasteiger partial charge in [0.25, 0.3) is 0 Å². The fourth-order valence-electron chi connectivity index (χ4n) is 7.47. The highest BCUT2D eigenvalue weighted by atomic mass is 16.6. The molecule has 0 aliphatic rings. The molecule has 0 saturated carbocycles. The van der Waals surface area contributed by atoms with Gasteiger partial charge in [0.1, 0.15) is 13.2 Å². The van der Waals surface area contributed by atoms with Gasteiger partial charge >= 0.3 is 17.9 Å². The lowest BCUT2D eigenvalue weighted by Gasteiger charge is -2.18. The average Bonchev–Trinajstić information content (AvgIpc) is 3.30. The second-order valence-electron chi connectivity index (χ2n) is 18.1. The summed E-state index contributed by atoms with van der Waals surface area (Å²) in [5, 5.41) is 0. The van der Waals surface area contributed by atoms with Gasteiger partial charge in [-0.2, -0.15) is 0 Å². The van der Waals surface area contributed by atoms with Crippen LogP contribution in [-0.4, -0.2) is 37.2 Å². The standard InChI is InChI=1S/C59H102O6/c1-4-7-10-13-16-19-22-25-27-29-31-34-36-39-42-45-48-51-57(60)63-54-56(65-59(62)53-50-47-44-41-38-33-24-21-18-15-12-9-6-3)55-64-58(61)52-49-46-43-40-37-35-32-30-28-26-23-20-17-14-11-8-5-2/h16-17,19-21,24-28,31,34,56H,4-15,18,22-23,29-30,32-33,35-55H2,1-3H3/b19-16-,20-17-,24-21-,27-25-,28-26-,34-31-/t56-/m1/s1. The number of allylic oxidation sites excluding steroid dienone is 12. The number of unbranched alkanes of at least 4 members (excludes halogenated alkanes) is 26. The van der Waals surface area contributed by atoms with Crippen molar-refractivity contribution in [2.45, 2.75) is 271 Å². The van der Waals surface area contributed by atoms with E-state index in [1.807, 2.05) is 0 Å². The largest absolute Gasteiger partial charge is 0.462 e. The van der Waals surface area contributed by atoms with Crippen LogP contribution in [0.2, 0.25) is 0 Å². The van der Waals surface area contributed by atoms with Crippen molar-refractivity contribution in [1.29, 1.82) is 0 Å². The summed E-state index contributed by atoms with van der Waals surface area (Å²) in [7, 11) is 0. The molecular weight excluding hydrogens is 805 g/mol. The second kappa shape index (κ2) is 53.5. The molecule has 1 atom stereocenters. The van der Waals surface area contributed by atoms with Gasteiger partial charge in [-0.05, 0) is 116 Å². The summed E-state index contributed by atoms with van der Waals surface area (Å²) in [5.74, 6) is -0.924. The highest BCUT2D eigenvalue weighted by Crippen LogP contribution is 2.14. The first kappa shape index (κ1) is 61.9. The molecule has 0 aromatic rings. The minimum Gasteiger partial charge on any atom is -0.462 e. The van der Waals surface area contributed by atoms with Gasteiger partial charge in [0.05, 0.1) is 0 Å². The van der Waals surface area contributed by atoms with Gasteiger partial charge < -0.3 is 14.2 Å². The van der Waals surface area contributed by atoms with Crippen molar-refractivity contribution >= 4 is 17.9 Å². The van der Waals surface area contributed by atoms with Crippen molar-refractivity contribution in [2.24, 2.45) is 0 Å². The summed E-state index contributed by atoms with van der Waals surface area (Å²) >= 11 is 0. The van der Waals surface area contributed by atoms with Crippen LogP contribution < -0.4 is 0 Å². The van der Waals surface area contributed by atoms with Crippen molar-refractivity contribution in [2.75, 3.05) is 13.2 Å². The van der Waals surface area contributed by atoms with Crippen molar-refractivity contribution in [3.63, 3.8) is 0 Å². The molecule has 0 amide bonds. The molecule has 0 spiro atoms. The third kappa shape index (κ3) is 51.7. The van der Waals surface area contributed by atoms with Crippen LogP contribution in [0.1, 0.15) is 265 Å². The normalized spacial score (nSPS) is 12.6. The van der Waals surface area contributed by atoms with E-state index >= 15 is 0 Å². The van der Waals surface area contributed by atoms with Crippen molar-refractivity contribution < 1.29 is 28.6 Å². The van der Waals surface area contributed by atoms with Crippen LogP contribution in [0.3, 0.4) is 0 Å². The fourth-order valence-corrected chi connectivity index (χ4v) is 7.47. The van der Waals surface area contributed by atoms with E-state index in [2.05, 4.69) is 93.7 Å². The zero-order chi connectivity index (χ0) is 47.2. The maximum Gasteiger partial charge on any atom is 0.306 e. The quantitative estimate of drug-likeness (QED) is 0.0262. The zero-order valence-electron chi connectivity index (χ0n) is 42.7. The summed E-state index contributed by atoms with van der Waals surface area (Å²) in [6.07, 6.45) is 67.3. The molecule has 0 aromatic heterocycles. The number of hydrogen-bond acceptors (Lipinski definition) is 6. The van der Waals surface area contributed by atoms with Crippen LogP contribution in [0.5, 0.6) is 0 Å². The highest BCUT2D eigenvalue weighted by Gasteiger charge is 2.19. The molecule has 374 valence electrons. The van der Waals surface area contributed by atoms with Crippen LogP contribution in [0.25, 0.3) is 0 Å². The smallest absolute Gasteiger partial charge is 0.306 e. The number of carbonyl (C=O) groups is 3. The van der Waals surface area contributed by atoms with Crippen LogP contribution >= 0.6 is 0 Å². The number of hydrogen-bond donors (Lipinski definition) is 0. The first-order chi connectivity index (χ1) is 32.0. The third-order valence-corrected chi connectivity index (χ3v) is 11.7. The Morgan fingerprint density at radius 1 is 0.308 bits per heavy atom. The topological polar surface area (TPSA) is 78.9 Å². The van der Waals surface area contributed by atoms with Crippen molar-refractivity contribution in [3.8, 4) is 0 Å². The lowest BCUT2D eigenvalue weighted by molar-refractivity contribution is -0.167. The van der Waals surface area contributed by atoms with Gasteiger partial charge in [-0.3, -0.25) is 14.4 Å². The minimum atomic E-state index is -0.792. The van der Waals surface area contributed by atoms with Gasteiger partial charge in [-0.1, -0.05) is 203 Å². The van der Waals surface area contributed by atoms with E-state index < -0.39 is 6.10 Å². The first-order valence-electron chi connectivity index (χ1n) is 27.4. The molecule has 0 radical (unpaired) electrons. The molecule has 65 heavy (non-hydrogen) atoms. The summed E-state index contributed by atoms with van der Waals surface area (Å²) in [4.78, 5) is 38.1. The molecule has 0 aliphatic carbocycles. The number of carbonyl (C=O) groups excluding carboxylic acids is 3. The Morgan fingerprint density at radius 2 is 0.554 bits per heavy atom. The van der Waals surface area contributed by atoms with Gasteiger partial charge in [-0.15, -0.1) is 0 Å². The van der Waals surface area contributed by atoms with Crippen molar-refractivity contribution in [1.82, 2.24) is 0 Å². The van der Waals surface area contributed by atoms with E-state index in [1.54, 1.807) is 0 Å². The highest BCUT2D eigenvalue weighted by molar-refractivity contribution is 5.71. The Labute approximate surface area is 402 Å². The summed E-state index contributed by atoms with van der Waals surface area (Å²) in [6.45, 7) is 6.54. The fraction of sp³-hybridized carbons (Fsp3) is 0.746. The molecular formula is C59H102O6. The van der Waals surface area contributed by atoms with Crippen LogP contribution in [0, 0.1) is 0 Å².